The minimum Gasteiger partial charge on any atom is -0.490 e. The van der Waals surface area contributed by atoms with Crippen LogP contribution in [0.1, 0.15) is 12.5 Å². The van der Waals surface area contributed by atoms with Crippen LogP contribution in [0.15, 0.2) is 64.7 Å². The molecule has 8 heteroatoms. The Labute approximate surface area is 164 Å². The highest BCUT2D eigenvalue weighted by molar-refractivity contribution is 7.19. The van der Waals surface area contributed by atoms with Crippen LogP contribution in [0.2, 0.25) is 0 Å². The van der Waals surface area contributed by atoms with Gasteiger partial charge in [-0.3, -0.25) is 9.59 Å². The van der Waals surface area contributed by atoms with E-state index in [1.807, 2.05) is 30.3 Å². The Morgan fingerprint density at radius 1 is 1.21 bits per heavy atom. The van der Waals surface area contributed by atoms with Crippen LogP contribution in [-0.4, -0.2) is 27.0 Å². The molecule has 0 unspecified atom stereocenters. The molecule has 3 aromatic rings. The first-order valence-electron chi connectivity index (χ1n) is 8.60. The number of nitrogens with two attached hydrogens (primary N) is 1. The molecular weight excluding hydrogens is 376 g/mol. The third-order valence-corrected chi connectivity index (χ3v) is 5.05. The van der Waals surface area contributed by atoms with E-state index in [0.29, 0.717) is 22.1 Å². The number of rotatable bonds is 4. The van der Waals surface area contributed by atoms with E-state index in [9.17, 15) is 9.59 Å². The number of ketones is 1. The van der Waals surface area contributed by atoms with Crippen LogP contribution in [0.3, 0.4) is 0 Å². The van der Waals surface area contributed by atoms with Gasteiger partial charge in [0.25, 0.3) is 5.56 Å². The van der Waals surface area contributed by atoms with Crippen LogP contribution < -0.4 is 11.3 Å². The van der Waals surface area contributed by atoms with Gasteiger partial charge in [-0.1, -0.05) is 47.7 Å². The second kappa shape index (κ2) is 7.24. The van der Waals surface area contributed by atoms with E-state index in [4.69, 9.17) is 10.5 Å². The van der Waals surface area contributed by atoms with Gasteiger partial charge < -0.3 is 10.5 Å². The quantitative estimate of drug-likeness (QED) is 0.733. The van der Waals surface area contributed by atoms with E-state index in [1.165, 1.54) is 21.9 Å². The van der Waals surface area contributed by atoms with Gasteiger partial charge >= 0.3 is 0 Å². The van der Waals surface area contributed by atoms with Crippen LogP contribution in [0.25, 0.3) is 21.6 Å². The second-order valence-corrected chi connectivity index (χ2v) is 6.92. The molecule has 1 aromatic carbocycles. The largest absolute Gasteiger partial charge is 0.490 e. The maximum atomic E-state index is 12.5. The van der Waals surface area contributed by atoms with Crippen molar-refractivity contribution in [2.45, 2.75) is 6.92 Å². The normalized spacial score (nSPS) is 15.2. The number of hydrogen-bond acceptors (Lipinski definition) is 7. The molecule has 4 rings (SSSR count). The molecule has 28 heavy (non-hydrogen) atoms. The van der Waals surface area contributed by atoms with Crippen molar-refractivity contribution < 1.29 is 9.53 Å². The van der Waals surface area contributed by atoms with E-state index in [0.717, 1.165) is 5.56 Å². The maximum absolute atomic E-state index is 12.5. The lowest BCUT2D eigenvalue weighted by Gasteiger charge is -2.10. The topological polar surface area (TPSA) is 99.6 Å². The lowest BCUT2D eigenvalue weighted by Crippen LogP contribution is -2.17. The zero-order valence-electron chi connectivity index (χ0n) is 15.0. The van der Waals surface area contributed by atoms with E-state index in [2.05, 4.69) is 10.1 Å². The highest BCUT2D eigenvalue weighted by Crippen LogP contribution is 2.26. The van der Waals surface area contributed by atoms with Crippen molar-refractivity contribution in [1.82, 2.24) is 14.6 Å². The molecule has 0 radical (unpaired) electrons. The highest BCUT2D eigenvalue weighted by atomic mass is 32.1. The molecule has 0 saturated carbocycles. The van der Waals surface area contributed by atoms with E-state index >= 15 is 0 Å². The third kappa shape index (κ3) is 3.25. The van der Waals surface area contributed by atoms with Gasteiger partial charge in [0, 0.05) is 5.56 Å². The molecule has 7 nitrogen and oxygen atoms in total. The summed E-state index contributed by atoms with van der Waals surface area (Å²) in [5.41, 5.74) is 7.52. The molecule has 140 valence electrons. The number of ether oxygens (including phenoxy) is 1. The predicted molar refractivity (Wildman–Crippen MR) is 109 cm³/mol. The first-order valence-corrected chi connectivity index (χ1v) is 9.42. The zero-order valence-corrected chi connectivity index (χ0v) is 15.8. The Kier molecular flexibility index (Phi) is 4.62. The fourth-order valence-corrected chi connectivity index (χ4v) is 3.67. The molecule has 1 aliphatic rings. The molecule has 0 aliphatic heterocycles. The molecule has 0 bridgehead atoms. The van der Waals surface area contributed by atoms with Gasteiger partial charge in [0.2, 0.25) is 10.7 Å². The maximum Gasteiger partial charge on any atom is 0.283 e. The number of benzene rings is 1. The fraction of sp³-hybridized carbons (Fsp3) is 0.100. The molecule has 2 aromatic heterocycles. The van der Waals surface area contributed by atoms with Crippen molar-refractivity contribution in [3.63, 3.8) is 0 Å². The van der Waals surface area contributed by atoms with Crippen molar-refractivity contribution in [2.24, 2.45) is 0 Å². The average Bonchev–Trinajstić information content (AvgIpc) is 3.12. The van der Waals surface area contributed by atoms with Crippen molar-refractivity contribution in [3.05, 3.63) is 75.8 Å². The summed E-state index contributed by atoms with van der Waals surface area (Å²) in [6.07, 6.45) is 6.17. The van der Waals surface area contributed by atoms with Gasteiger partial charge in [-0.15, -0.1) is 0 Å². The first-order chi connectivity index (χ1) is 13.6. The number of carbonyl (C=O) groups is 1. The molecule has 0 atom stereocenters. The fourth-order valence-electron chi connectivity index (χ4n) is 2.76. The Morgan fingerprint density at radius 3 is 2.75 bits per heavy atom. The second-order valence-electron chi connectivity index (χ2n) is 5.97. The van der Waals surface area contributed by atoms with Gasteiger partial charge in [-0.2, -0.15) is 14.6 Å². The van der Waals surface area contributed by atoms with Gasteiger partial charge in [0.15, 0.2) is 5.76 Å². The van der Waals surface area contributed by atoms with Gasteiger partial charge in [-0.05, 0) is 30.7 Å². The van der Waals surface area contributed by atoms with Gasteiger partial charge in [0.1, 0.15) is 10.8 Å². The Morgan fingerprint density at radius 2 is 2.00 bits per heavy atom. The summed E-state index contributed by atoms with van der Waals surface area (Å²) >= 11 is 1.29. The van der Waals surface area contributed by atoms with E-state index < -0.39 is 5.56 Å². The summed E-state index contributed by atoms with van der Waals surface area (Å²) in [5.74, 6) is 0.200. The Hall–Kier alpha value is -3.52. The molecule has 1 aliphatic carbocycles. The smallest absolute Gasteiger partial charge is 0.283 e. The summed E-state index contributed by atoms with van der Waals surface area (Å²) in [7, 11) is 0. The SMILES string of the molecule is CCOC1=CC(=Cc2c(N)n3nc(-c4ccccc4)sc3nc2=O)C=CC1=O. The number of fused-ring (bicyclic) bond motifs is 1. The van der Waals surface area contributed by atoms with Gasteiger partial charge in [0.05, 0.1) is 12.2 Å². The molecule has 2 heterocycles. The Bertz CT molecular complexity index is 1220. The van der Waals surface area contributed by atoms with Crippen molar-refractivity contribution in [1.29, 1.82) is 0 Å². The minimum atomic E-state index is -0.454. The zero-order chi connectivity index (χ0) is 19.7. The predicted octanol–water partition coefficient (Wildman–Crippen LogP) is 2.84. The molecule has 0 saturated heterocycles. The van der Waals surface area contributed by atoms with Crippen LogP contribution in [0, 0.1) is 0 Å². The van der Waals surface area contributed by atoms with Crippen LogP contribution in [0.5, 0.6) is 0 Å². The number of nitrogen functional groups attached to an aromatic ring is 1. The number of hydrogen-bond donors (Lipinski definition) is 1. The molecule has 0 fully saturated rings. The summed E-state index contributed by atoms with van der Waals surface area (Å²) in [4.78, 5) is 28.9. The number of nitrogens with zero attached hydrogens (tertiary/aromatic N) is 3. The van der Waals surface area contributed by atoms with E-state index in [1.54, 1.807) is 25.2 Å². The van der Waals surface area contributed by atoms with Crippen molar-refractivity contribution in [3.8, 4) is 10.6 Å². The molecule has 2 N–H and O–H groups in total. The van der Waals surface area contributed by atoms with E-state index in [-0.39, 0.29) is 22.9 Å². The number of carbonyl (C=O) groups excluding carboxylic acids is 1. The summed E-state index contributed by atoms with van der Waals surface area (Å²) in [6, 6.07) is 9.61. The monoisotopic (exact) mass is 392 g/mol. The average molecular weight is 392 g/mol. The molecular formula is C20H16N4O3S. The molecule has 0 amide bonds. The highest BCUT2D eigenvalue weighted by Gasteiger charge is 2.16. The van der Waals surface area contributed by atoms with Crippen LogP contribution in [0.4, 0.5) is 5.82 Å². The van der Waals surface area contributed by atoms with Crippen molar-refractivity contribution >= 4 is 34.0 Å². The summed E-state index contributed by atoms with van der Waals surface area (Å²) in [6.45, 7) is 2.17. The van der Waals surface area contributed by atoms with Crippen LogP contribution in [-0.2, 0) is 9.53 Å². The third-order valence-electron chi connectivity index (χ3n) is 4.09. The lowest BCUT2D eigenvalue weighted by molar-refractivity contribution is -0.114. The number of allylic oxidation sites excluding steroid dienone is 4. The lowest BCUT2D eigenvalue weighted by atomic mass is 10.0. The van der Waals surface area contributed by atoms with Crippen LogP contribution >= 0.6 is 11.3 Å². The van der Waals surface area contributed by atoms with Crippen molar-refractivity contribution in [2.75, 3.05) is 12.3 Å². The minimum absolute atomic E-state index is 0.192. The number of aromatic nitrogens is 3. The first kappa shape index (κ1) is 17.9. The van der Waals surface area contributed by atoms with Gasteiger partial charge in [-0.25, -0.2) is 0 Å². The standard InChI is InChI=1S/C20H16N4O3S/c1-2-27-16-11-12(8-9-15(16)25)10-14-17(21)24-20(22-18(14)26)28-19(23-24)13-6-4-3-5-7-13/h3-11H,2,21H2,1H3. The Balaban J connectivity index is 1.81. The summed E-state index contributed by atoms with van der Waals surface area (Å²) in [5, 5.41) is 5.21. The number of anilines is 1. The molecule has 0 spiro atoms. The summed E-state index contributed by atoms with van der Waals surface area (Å²) < 4.78 is 6.79.